The number of nitrogens with two attached hydrogens (primary N) is 1. The molecule has 0 saturated heterocycles. The topological polar surface area (TPSA) is 50.9 Å². The van der Waals surface area contributed by atoms with Crippen LogP contribution in [0.4, 0.5) is 4.39 Å². The number of halogens is 1. The molecule has 3 nitrogen and oxygen atoms in total. The van der Waals surface area contributed by atoms with Crippen LogP contribution in [-0.2, 0) is 0 Å². The van der Waals surface area contributed by atoms with Gasteiger partial charge in [-0.1, -0.05) is 12.1 Å². The Morgan fingerprint density at radius 2 is 1.94 bits per heavy atom. The van der Waals surface area contributed by atoms with Gasteiger partial charge in [-0.2, -0.15) is 0 Å². The molecular weight excluding hydrogens is 249 g/mol. The Kier molecular flexibility index (Phi) is 4.30. The minimum Gasteiger partial charge on any atom is -0.271 e. The number of hydrazine groups is 1. The van der Waals surface area contributed by atoms with Gasteiger partial charge in [0.25, 0.3) is 0 Å². The van der Waals surface area contributed by atoms with Crippen LogP contribution in [0.1, 0.15) is 17.2 Å². The van der Waals surface area contributed by atoms with Gasteiger partial charge in [0.15, 0.2) is 0 Å². The number of rotatable bonds is 4. The lowest BCUT2D eigenvalue weighted by molar-refractivity contribution is 0.597. The van der Waals surface area contributed by atoms with E-state index in [0.717, 1.165) is 5.56 Å². The van der Waals surface area contributed by atoms with Crippen molar-refractivity contribution in [1.82, 2.24) is 10.4 Å². The van der Waals surface area contributed by atoms with Gasteiger partial charge in [0.1, 0.15) is 5.82 Å². The summed E-state index contributed by atoms with van der Waals surface area (Å²) in [6.07, 6.45) is 4.80. The first-order chi connectivity index (χ1) is 8.74. The predicted molar refractivity (Wildman–Crippen MR) is 71.6 cm³/mol. The SMILES string of the molecule is CSc1ccc(C(NN)c2cncc(F)c2)cc1. The maximum absolute atomic E-state index is 13.2. The van der Waals surface area contributed by atoms with Crippen molar-refractivity contribution in [3.63, 3.8) is 0 Å². The number of thioether (sulfide) groups is 1. The zero-order valence-electron chi connectivity index (χ0n) is 9.93. The molecule has 2 aromatic rings. The number of nitrogens with zero attached hydrogens (tertiary/aromatic N) is 1. The Balaban J connectivity index is 2.32. The molecule has 0 amide bonds. The number of pyridine rings is 1. The second kappa shape index (κ2) is 5.95. The first-order valence-electron chi connectivity index (χ1n) is 5.45. The van der Waals surface area contributed by atoms with E-state index in [2.05, 4.69) is 10.4 Å². The molecule has 1 aromatic heterocycles. The second-order valence-electron chi connectivity index (χ2n) is 3.81. The molecule has 0 saturated carbocycles. The van der Waals surface area contributed by atoms with Gasteiger partial charge in [-0.25, -0.2) is 9.82 Å². The van der Waals surface area contributed by atoms with Gasteiger partial charge in [0.2, 0.25) is 0 Å². The predicted octanol–water partition coefficient (Wildman–Crippen LogP) is 2.50. The van der Waals surface area contributed by atoms with E-state index in [1.807, 2.05) is 30.5 Å². The summed E-state index contributed by atoms with van der Waals surface area (Å²) >= 11 is 1.67. The van der Waals surface area contributed by atoms with Gasteiger partial charge in [-0.3, -0.25) is 10.8 Å². The molecule has 0 aliphatic carbocycles. The number of aromatic nitrogens is 1. The average molecular weight is 263 g/mol. The van der Waals surface area contributed by atoms with Crippen LogP contribution in [-0.4, -0.2) is 11.2 Å². The van der Waals surface area contributed by atoms with Crippen molar-refractivity contribution in [3.05, 3.63) is 59.7 Å². The fraction of sp³-hybridized carbons (Fsp3) is 0.154. The van der Waals surface area contributed by atoms with Crippen LogP contribution in [0.25, 0.3) is 0 Å². The van der Waals surface area contributed by atoms with E-state index in [1.54, 1.807) is 18.0 Å². The largest absolute Gasteiger partial charge is 0.271 e. The molecule has 5 heteroatoms. The molecular formula is C13H14FN3S. The van der Waals surface area contributed by atoms with E-state index in [9.17, 15) is 4.39 Å². The van der Waals surface area contributed by atoms with Crippen LogP contribution in [0.5, 0.6) is 0 Å². The molecule has 0 radical (unpaired) electrons. The van der Waals surface area contributed by atoms with Crippen LogP contribution >= 0.6 is 11.8 Å². The van der Waals surface area contributed by atoms with Gasteiger partial charge >= 0.3 is 0 Å². The summed E-state index contributed by atoms with van der Waals surface area (Å²) in [7, 11) is 0. The van der Waals surface area contributed by atoms with E-state index in [4.69, 9.17) is 5.84 Å². The van der Waals surface area contributed by atoms with Gasteiger partial charge in [0.05, 0.1) is 12.2 Å². The van der Waals surface area contributed by atoms with E-state index in [0.29, 0.717) is 5.56 Å². The van der Waals surface area contributed by atoms with Gasteiger partial charge < -0.3 is 0 Å². The fourth-order valence-electron chi connectivity index (χ4n) is 1.77. The van der Waals surface area contributed by atoms with Gasteiger partial charge in [-0.15, -0.1) is 11.8 Å². The Bertz CT molecular complexity index is 516. The summed E-state index contributed by atoms with van der Waals surface area (Å²) in [5, 5.41) is 0. The van der Waals surface area contributed by atoms with Crippen LogP contribution < -0.4 is 11.3 Å². The van der Waals surface area contributed by atoms with Crippen molar-refractivity contribution in [2.24, 2.45) is 5.84 Å². The lowest BCUT2D eigenvalue weighted by atomic mass is 10.0. The molecule has 2 rings (SSSR count). The highest BCUT2D eigenvalue weighted by Crippen LogP contribution is 2.23. The molecule has 1 atom stereocenters. The smallest absolute Gasteiger partial charge is 0.141 e. The third-order valence-corrected chi connectivity index (χ3v) is 3.42. The lowest BCUT2D eigenvalue weighted by Gasteiger charge is -2.16. The third-order valence-electron chi connectivity index (χ3n) is 2.68. The Morgan fingerprint density at radius 3 is 2.50 bits per heavy atom. The zero-order valence-corrected chi connectivity index (χ0v) is 10.7. The average Bonchev–Trinajstić information content (AvgIpc) is 2.40. The highest BCUT2D eigenvalue weighted by Gasteiger charge is 2.13. The summed E-state index contributed by atoms with van der Waals surface area (Å²) < 4.78 is 13.2. The minimum atomic E-state index is -0.367. The molecule has 94 valence electrons. The summed E-state index contributed by atoms with van der Waals surface area (Å²) in [6.45, 7) is 0. The number of nitrogens with one attached hydrogen (secondary N) is 1. The van der Waals surface area contributed by atoms with Crippen molar-refractivity contribution in [1.29, 1.82) is 0 Å². The monoisotopic (exact) mass is 263 g/mol. The van der Waals surface area contributed by atoms with E-state index < -0.39 is 0 Å². The summed E-state index contributed by atoms with van der Waals surface area (Å²) in [4.78, 5) is 5.01. The van der Waals surface area contributed by atoms with Crippen LogP contribution in [0.15, 0.2) is 47.6 Å². The maximum atomic E-state index is 13.2. The summed E-state index contributed by atoms with van der Waals surface area (Å²) in [5.41, 5.74) is 4.36. The minimum absolute atomic E-state index is 0.260. The summed E-state index contributed by atoms with van der Waals surface area (Å²) in [6, 6.07) is 9.14. The maximum Gasteiger partial charge on any atom is 0.141 e. The van der Waals surface area contributed by atoms with Crippen LogP contribution in [0.3, 0.4) is 0 Å². The van der Waals surface area contributed by atoms with Gasteiger partial charge in [-0.05, 0) is 35.6 Å². The van der Waals surface area contributed by atoms with Gasteiger partial charge in [0, 0.05) is 11.1 Å². The number of hydrogen-bond acceptors (Lipinski definition) is 4. The van der Waals surface area contributed by atoms with Crippen molar-refractivity contribution in [3.8, 4) is 0 Å². The molecule has 0 aliphatic heterocycles. The third kappa shape index (κ3) is 2.87. The van der Waals surface area contributed by atoms with Crippen molar-refractivity contribution in [2.75, 3.05) is 6.26 Å². The molecule has 0 fully saturated rings. The molecule has 1 heterocycles. The lowest BCUT2D eigenvalue weighted by Crippen LogP contribution is -2.29. The normalized spacial score (nSPS) is 12.4. The molecule has 3 N–H and O–H groups in total. The quantitative estimate of drug-likeness (QED) is 0.505. The van der Waals surface area contributed by atoms with Crippen molar-refractivity contribution < 1.29 is 4.39 Å². The Morgan fingerprint density at radius 1 is 1.22 bits per heavy atom. The van der Waals surface area contributed by atoms with Crippen molar-refractivity contribution in [2.45, 2.75) is 10.9 Å². The summed E-state index contributed by atoms with van der Waals surface area (Å²) in [5.74, 6) is 5.18. The first kappa shape index (κ1) is 13.0. The van der Waals surface area contributed by atoms with Crippen molar-refractivity contribution >= 4 is 11.8 Å². The molecule has 0 aliphatic rings. The highest BCUT2D eigenvalue weighted by molar-refractivity contribution is 7.98. The van der Waals surface area contributed by atoms with Crippen LogP contribution in [0.2, 0.25) is 0 Å². The van der Waals surface area contributed by atoms with E-state index >= 15 is 0 Å². The molecule has 1 aromatic carbocycles. The number of hydrogen-bond donors (Lipinski definition) is 2. The first-order valence-corrected chi connectivity index (χ1v) is 6.67. The zero-order chi connectivity index (χ0) is 13.0. The molecule has 0 bridgehead atoms. The Labute approximate surface area is 110 Å². The number of benzene rings is 1. The van der Waals surface area contributed by atoms with E-state index in [-0.39, 0.29) is 11.9 Å². The van der Waals surface area contributed by atoms with E-state index in [1.165, 1.54) is 17.2 Å². The molecule has 0 spiro atoms. The standard InChI is InChI=1S/C13H14FN3S/c1-18-12-4-2-9(3-5-12)13(17-15)10-6-11(14)8-16-7-10/h2-8,13,17H,15H2,1H3. The Hall–Kier alpha value is -1.43. The molecule has 18 heavy (non-hydrogen) atoms. The molecule has 1 unspecified atom stereocenters. The fourth-order valence-corrected chi connectivity index (χ4v) is 2.18. The highest BCUT2D eigenvalue weighted by atomic mass is 32.2. The van der Waals surface area contributed by atoms with Crippen LogP contribution in [0, 0.1) is 5.82 Å². The second-order valence-corrected chi connectivity index (χ2v) is 4.69.